The summed E-state index contributed by atoms with van der Waals surface area (Å²) in [6.45, 7) is 3.65. The van der Waals surface area contributed by atoms with E-state index >= 15 is 0 Å². The first kappa shape index (κ1) is 15.4. The number of carbonyl (C=O) groups is 1. The molecule has 2 aliphatic rings. The highest BCUT2D eigenvalue weighted by Crippen LogP contribution is 2.38. The van der Waals surface area contributed by atoms with E-state index in [1.807, 2.05) is 13.8 Å². The Kier molecular flexibility index (Phi) is 3.94. The zero-order chi connectivity index (χ0) is 15.9. The molecule has 0 amide bonds. The second-order valence-electron chi connectivity index (χ2n) is 6.19. The molecule has 2 fully saturated rings. The third-order valence-corrected chi connectivity index (χ3v) is 4.02. The monoisotopic (exact) mass is 308 g/mol. The molecule has 1 aromatic rings. The van der Waals surface area contributed by atoms with Gasteiger partial charge in [-0.25, -0.2) is 4.79 Å². The van der Waals surface area contributed by atoms with Crippen molar-refractivity contribution in [1.82, 2.24) is 0 Å². The van der Waals surface area contributed by atoms with Crippen LogP contribution in [0, 0.1) is 0 Å². The Labute approximate surface area is 128 Å². The molecule has 0 spiro atoms. The lowest BCUT2D eigenvalue weighted by molar-refractivity contribution is -0.213. The van der Waals surface area contributed by atoms with Crippen LogP contribution in [-0.2, 0) is 20.6 Å². The maximum absolute atomic E-state index is 11.2. The molecule has 2 N–H and O–H groups in total. The second kappa shape index (κ2) is 5.62. The van der Waals surface area contributed by atoms with E-state index < -0.39 is 30.3 Å². The number of benzene rings is 1. The van der Waals surface area contributed by atoms with Gasteiger partial charge in [-0.15, -0.1) is 0 Å². The van der Waals surface area contributed by atoms with Gasteiger partial charge in [-0.05, 0) is 25.5 Å². The minimum absolute atomic E-state index is 0.190. The Hall–Kier alpha value is -1.47. The molecular weight excluding hydrogens is 288 g/mol. The standard InChI is InChI=1S/C16H20O6/c1-16(2)21-13-8-12(20-15(13)22-16)11(17)7-9-5-3-4-6-10(9)14(18)19/h3-6,11-13,15,17H,7-8H2,1-2H3,(H,18,19)/t11?,12-,13+,15+/m0/s1. The molecule has 2 heterocycles. The average molecular weight is 308 g/mol. The number of ether oxygens (including phenoxy) is 3. The first-order valence-electron chi connectivity index (χ1n) is 7.36. The van der Waals surface area contributed by atoms with Crippen molar-refractivity contribution >= 4 is 5.97 Å². The van der Waals surface area contributed by atoms with Crippen LogP contribution in [0.4, 0.5) is 0 Å². The smallest absolute Gasteiger partial charge is 0.335 e. The van der Waals surface area contributed by atoms with Crippen molar-refractivity contribution in [3.8, 4) is 0 Å². The Bertz CT molecular complexity index is 554. The summed E-state index contributed by atoms with van der Waals surface area (Å²) in [5.41, 5.74) is 0.790. The molecule has 0 radical (unpaired) electrons. The van der Waals surface area contributed by atoms with E-state index in [4.69, 9.17) is 14.2 Å². The summed E-state index contributed by atoms with van der Waals surface area (Å²) in [6.07, 6.45) is -1.14. The highest BCUT2D eigenvalue weighted by Gasteiger charge is 2.50. The summed E-state index contributed by atoms with van der Waals surface area (Å²) in [6, 6.07) is 6.66. The van der Waals surface area contributed by atoms with Crippen molar-refractivity contribution in [3.63, 3.8) is 0 Å². The maximum atomic E-state index is 11.2. The fraction of sp³-hybridized carbons (Fsp3) is 0.562. The molecule has 4 atom stereocenters. The van der Waals surface area contributed by atoms with Gasteiger partial charge < -0.3 is 24.4 Å². The van der Waals surface area contributed by atoms with Crippen LogP contribution in [0.15, 0.2) is 24.3 Å². The van der Waals surface area contributed by atoms with E-state index in [1.165, 1.54) is 6.07 Å². The average Bonchev–Trinajstić information content (AvgIpc) is 2.92. The predicted octanol–water partition coefficient (Wildman–Crippen LogP) is 1.55. The molecule has 1 unspecified atom stereocenters. The van der Waals surface area contributed by atoms with Crippen molar-refractivity contribution < 1.29 is 29.2 Å². The quantitative estimate of drug-likeness (QED) is 0.878. The Morgan fingerprint density at radius 2 is 2.09 bits per heavy atom. The molecule has 6 nitrogen and oxygen atoms in total. The zero-order valence-corrected chi connectivity index (χ0v) is 12.6. The molecule has 0 aliphatic carbocycles. The normalized spacial score (nSPS) is 31.0. The van der Waals surface area contributed by atoms with Crippen molar-refractivity contribution in [2.45, 2.75) is 57.1 Å². The number of rotatable bonds is 4. The lowest BCUT2D eigenvalue weighted by Gasteiger charge is -2.23. The summed E-state index contributed by atoms with van der Waals surface area (Å²) in [7, 11) is 0. The molecule has 3 rings (SSSR count). The lowest BCUT2D eigenvalue weighted by Crippen LogP contribution is -2.32. The van der Waals surface area contributed by atoms with Gasteiger partial charge in [0.1, 0.15) is 6.10 Å². The van der Waals surface area contributed by atoms with E-state index in [1.54, 1.807) is 18.2 Å². The van der Waals surface area contributed by atoms with Crippen LogP contribution in [0.5, 0.6) is 0 Å². The van der Waals surface area contributed by atoms with Crippen LogP contribution in [0.1, 0.15) is 36.2 Å². The van der Waals surface area contributed by atoms with Crippen molar-refractivity contribution in [2.75, 3.05) is 0 Å². The number of carboxylic acids is 1. The van der Waals surface area contributed by atoms with Gasteiger partial charge >= 0.3 is 5.97 Å². The van der Waals surface area contributed by atoms with E-state index in [0.29, 0.717) is 12.0 Å². The van der Waals surface area contributed by atoms with Crippen LogP contribution in [0.2, 0.25) is 0 Å². The van der Waals surface area contributed by atoms with Crippen molar-refractivity contribution in [1.29, 1.82) is 0 Å². The number of carboxylic acid groups (broad SMARTS) is 1. The highest BCUT2D eigenvalue weighted by molar-refractivity contribution is 5.89. The predicted molar refractivity (Wildman–Crippen MR) is 76.4 cm³/mol. The molecule has 1 aromatic carbocycles. The molecule has 2 saturated heterocycles. The highest BCUT2D eigenvalue weighted by atomic mass is 16.8. The molecule has 6 heteroatoms. The van der Waals surface area contributed by atoms with Crippen LogP contribution in [-0.4, -0.2) is 46.6 Å². The first-order valence-corrected chi connectivity index (χ1v) is 7.36. The molecule has 2 aliphatic heterocycles. The van der Waals surface area contributed by atoms with Crippen LogP contribution >= 0.6 is 0 Å². The van der Waals surface area contributed by atoms with E-state index in [9.17, 15) is 15.0 Å². The van der Waals surface area contributed by atoms with Crippen LogP contribution in [0.3, 0.4) is 0 Å². The van der Waals surface area contributed by atoms with Gasteiger partial charge in [-0.2, -0.15) is 0 Å². The zero-order valence-electron chi connectivity index (χ0n) is 12.6. The minimum atomic E-state index is -1.000. The van der Waals surface area contributed by atoms with Gasteiger partial charge in [0.2, 0.25) is 0 Å². The van der Waals surface area contributed by atoms with Crippen molar-refractivity contribution in [3.05, 3.63) is 35.4 Å². The molecule has 0 saturated carbocycles. The van der Waals surface area contributed by atoms with Gasteiger partial charge in [-0.1, -0.05) is 18.2 Å². The van der Waals surface area contributed by atoms with Crippen LogP contribution in [0.25, 0.3) is 0 Å². The van der Waals surface area contributed by atoms with Gasteiger partial charge in [-0.3, -0.25) is 0 Å². The summed E-state index contributed by atoms with van der Waals surface area (Å²) in [5.74, 6) is -1.67. The Morgan fingerprint density at radius 3 is 2.77 bits per heavy atom. The minimum Gasteiger partial charge on any atom is -0.478 e. The Morgan fingerprint density at radius 1 is 1.36 bits per heavy atom. The van der Waals surface area contributed by atoms with Gasteiger partial charge in [0.05, 0.1) is 17.8 Å². The first-order chi connectivity index (χ1) is 10.4. The van der Waals surface area contributed by atoms with Gasteiger partial charge in [0, 0.05) is 12.8 Å². The van der Waals surface area contributed by atoms with E-state index in [-0.39, 0.29) is 18.1 Å². The third-order valence-electron chi connectivity index (χ3n) is 4.02. The second-order valence-corrected chi connectivity index (χ2v) is 6.19. The summed E-state index contributed by atoms with van der Waals surface area (Å²) in [4.78, 5) is 11.2. The summed E-state index contributed by atoms with van der Waals surface area (Å²) in [5, 5.41) is 19.5. The SMILES string of the molecule is CC1(C)O[C@H]2O[C@H](C(O)Cc3ccccc3C(=O)O)C[C@H]2O1. The topological polar surface area (TPSA) is 85.2 Å². The fourth-order valence-electron chi connectivity index (χ4n) is 3.05. The van der Waals surface area contributed by atoms with Crippen LogP contribution < -0.4 is 0 Å². The number of aromatic carboxylic acids is 1. The molecular formula is C16H20O6. The number of fused-ring (bicyclic) bond motifs is 1. The van der Waals surface area contributed by atoms with Crippen molar-refractivity contribution in [2.24, 2.45) is 0 Å². The molecule has 22 heavy (non-hydrogen) atoms. The molecule has 120 valence electrons. The maximum Gasteiger partial charge on any atom is 0.335 e. The largest absolute Gasteiger partial charge is 0.478 e. The number of hydrogen-bond acceptors (Lipinski definition) is 5. The molecule has 0 aromatic heterocycles. The summed E-state index contributed by atoms with van der Waals surface area (Å²) < 4.78 is 17.0. The fourth-order valence-corrected chi connectivity index (χ4v) is 3.05. The lowest BCUT2D eigenvalue weighted by atomic mass is 9.97. The number of hydrogen-bond donors (Lipinski definition) is 2. The molecule has 0 bridgehead atoms. The van der Waals surface area contributed by atoms with E-state index in [2.05, 4.69) is 0 Å². The number of aliphatic hydroxyl groups is 1. The Balaban J connectivity index is 1.65. The van der Waals surface area contributed by atoms with Gasteiger partial charge in [0.25, 0.3) is 0 Å². The third kappa shape index (κ3) is 3.01. The summed E-state index contributed by atoms with van der Waals surface area (Å²) >= 11 is 0. The van der Waals surface area contributed by atoms with E-state index in [0.717, 1.165) is 0 Å². The number of aliphatic hydroxyl groups excluding tert-OH is 1. The van der Waals surface area contributed by atoms with Gasteiger partial charge in [0.15, 0.2) is 12.1 Å².